The number of halogens is 2. The molecule has 0 heterocycles. The fourth-order valence-corrected chi connectivity index (χ4v) is 2.95. The molecule has 2 N–H and O–H groups in total. The molecule has 4 nitrogen and oxygen atoms in total. The van der Waals surface area contributed by atoms with Gasteiger partial charge in [0, 0.05) is 16.1 Å². The summed E-state index contributed by atoms with van der Waals surface area (Å²) in [6.07, 6.45) is 0. The van der Waals surface area contributed by atoms with Crippen molar-refractivity contribution in [1.29, 1.82) is 0 Å². The molecule has 0 aromatic heterocycles. The Morgan fingerprint density at radius 1 is 1.12 bits per heavy atom. The molecule has 0 aliphatic rings. The minimum Gasteiger partial charge on any atom is -0.495 e. The van der Waals surface area contributed by atoms with Gasteiger partial charge in [-0.05, 0) is 43.7 Å². The predicted molar refractivity (Wildman–Crippen MR) is 99.1 cm³/mol. The molecule has 0 saturated carbocycles. The van der Waals surface area contributed by atoms with Gasteiger partial charge in [0.25, 0.3) is 0 Å². The summed E-state index contributed by atoms with van der Waals surface area (Å²) in [6.45, 7) is 3.74. The summed E-state index contributed by atoms with van der Waals surface area (Å²) in [6, 6.07) is 12.1. The fraction of sp³-hybridized carbons (Fsp3) is 0.278. The Balaban J connectivity index is 2.03. The normalized spacial score (nSPS) is 13.2. The van der Waals surface area contributed by atoms with Crippen LogP contribution < -0.4 is 15.4 Å². The lowest BCUT2D eigenvalue weighted by Crippen LogP contribution is -2.39. The Bertz CT molecular complexity index is 722. The van der Waals surface area contributed by atoms with Crippen LogP contribution in [0.25, 0.3) is 0 Å². The maximum atomic E-state index is 12.4. The average Bonchev–Trinajstić information content (AvgIpc) is 2.55. The van der Waals surface area contributed by atoms with Crippen molar-refractivity contribution < 1.29 is 9.53 Å². The molecule has 1 amide bonds. The SMILES string of the molecule is COc1ccccc1NC(=O)C(C)NC(C)c1ccc(Cl)cc1Cl. The molecule has 2 unspecified atom stereocenters. The summed E-state index contributed by atoms with van der Waals surface area (Å²) in [5, 5.41) is 7.25. The molecule has 2 aromatic rings. The van der Waals surface area contributed by atoms with Crippen LogP contribution in [-0.2, 0) is 4.79 Å². The largest absolute Gasteiger partial charge is 0.495 e. The number of carbonyl (C=O) groups is 1. The van der Waals surface area contributed by atoms with Gasteiger partial charge in [0.2, 0.25) is 5.91 Å². The van der Waals surface area contributed by atoms with Crippen LogP contribution in [0.15, 0.2) is 42.5 Å². The number of ether oxygens (including phenoxy) is 1. The molecule has 6 heteroatoms. The molecule has 24 heavy (non-hydrogen) atoms. The molecular weight excluding hydrogens is 347 g/mol. The Kier molecular flexibility index (Phi) is 6.49. The van der Waals surface area contributed by atoms with Gasteiger partial charge in [-0.1, -0.05) is 41.4 Å². The summed E-state index contributed by atoms with van der Waals surface area (Å²) >= 11 is 12.1. The molecule has 2 aromatic carbocycles. The van der Waals surface area contributed by atoms with Gasteiger partial charge in [-0.25, -0.2) is 0 Å². The van der Waals surface area contributed by atoms with Crippen molar-refractivity contribution in [1.82, 2.24) is 5.32 Å². The van der Waals surface area contributed by atoms with Gasteiger partial charge < -0.3 is 10.1 Å². The van der Waals surface area contributed by atoms with E-state index < -0.39 is 6.04 Å². The number of hydrogen-bond donors (Lipinski definition) is 2. The quantitative estimate of drug-likeness (QED) is 0.780. The summed E-state index contributed by atoms with van der Waals surface area (Å²) in [4.78, 5) is 12.4. The van der Waals surface area contributed by atoms with Crippen molar-refractivity contribution in [3.8, 4) is 5.75 Å². The topological polar surface area (TPSA) is 50.4 Å². The maximum absolute atomic E-state index is 12.4. The van der Waals surface area contributed by atoms with Crippen molar-refractivity contribution in [2.75, 3.05) is 12.4 Å². The first-order valence-corrected chi connectivity index (χ1v) is 8.33. The molecule has 0 saturated heterocycles. The summed E-state index contributed by atoms with van der Waals surface area (Å²) < 4.78 is 5.24. The number of hydrogen-bond acceptors (Lipinski definition) is 3. The molecule has 0 spiro atoms. The maximum Gasteiger partial charge on any atom is 0.241 e. The van der Waals surface area contributed by atoms with Crippen molar-refractivity contribution >= 4 is 34.8 Å². The third-order valence-electron chi connectivity index (χ3n) is 3.69. The van der Waals surface area contributed by atoms with Crippen molar-refractivity contribution in [2.24, 2.45) is 0 Å². The number of nitrogens with one attached hydrogen (secondary N) is 2. The van der Waals surface area contributed by atoms with Crippen LogP contribution in [0.1, 0.15) is 25.5 Å². The average molecular weight is 367 g/mol. The van der Waals surface area contributed by atoms with Crippen LogP contribution in [0.5, 0.6) is 5.75 Å². The second kappa shape index (κ2) is 8.38. The predicted octanol–water partition coefficient (Wildman–Crippen LogP) is 4.68. The number of rotatable bonds is 6. The third kappa shape index (κ3) is 4.63. The Morgan fingerprint density at radius 2 is 1.83 bits per heavy atom. The first-order valence-electron chi connectivity index (χ1n) is 7.57. The number of carbonyl (C=O) groups excluding carboxylic acids is 1. The summed E-state index contributed by atoms with van der Waals surface area (Å²) in [5.41, 5.74) is 1.52. The standard InChI is InChI=1S/C18H20Cl2N2O2/c1-11(14-9-8-13(19)10-15(14)20)21-12(2)18(23)22-16-6-4-5-7-17(16)24-3/h4-12,21H,1-3H3,(H,22,23). The lowest BCUT2D eigenvalue weighted by atomic mass is 10.1. The highest BCUT2D eigenvalue weighted by atomic mass is 35.5. The second-order valence-corrected chi connectivity index (χ2v) is 6.31. The highest BCUT2D eigenvalue weighted by molar-refractivity contribution is 6.35. The third-order valence-corrected chi connectivity index (χ3v) is 4.25. The second-order valence-electron chi connectivity index (χ2n) is 5.47. The van der Waals surface area contributed by atoms with Gasteiger partial charge in [-0.15, -0.1) is 0 Å². The summed E-state index contributed by atoms with van der Waals surface area (Å²) in [5.74, 6) is 0.461. The van der Waals surface area contributed by atoms with Crippen molar-refractivity contribution in [2.45, 2.75) is 25.9 Å². The zero-order valence-corrected chi connectivity index (χ0v) is 15.3. The molecule has 0 aliphatic heterocycles. The first kappa shape index (κ1) is 18.6. The lowest BCUT2D eigenvalue weighted by Gasteiger charge is -2.21. The van der Waals surface area contributed by atoms with E-state index in [-0.39, 0.29) is 11.9 Å². The summed E-state index contributed by atoms with van der Waals surface area (Å²) in [7, 11) is 1.57. The van der Waals surface area contributed by atoms with Crippen LogP contribution in [0.3, 0.4) is 0 Å². The van der Waals surface area contributed by atoms with E-state index in [4.69, 9.17) is 27.9 Å². The lowest BCUT2D eigenvalue weighted by molar-refractivity contribution is -0.117. The van der Waals surface area contributed by atoms with Crippen LogP contribution in [0, 0.1) is 0 Å². The number of methoxy groups -OCH3 is 1. The zero-order valence-electron chi connectivity index (χ0n) is 13.8. The molecule has 0 radical (unpaired) electrons. The van der Waals surface area contributed by atoms with E-state index in [0.29, 0.717) is 21.5 Å². The first-order chi connectivity index (χ1) is 11.4. The van der Waals surface area contributed by atoms with E-state index in [0.717, 1.165) is 5.56 Å². The fourth-order valence-electron chi connectivity index (χ4n) is 2.38. The van der Waals surface area contributed by atoms with Gasteiger partial charge >= 0.3 is 0 Å². The highest BCUT2D eigenvalue weighted by Gasteiger charge is 2.19. The van der Waals surface area contributed by atoms with Gasteiger partial charge in [0.05, 0.1) is 18.8 Å². The molecule has 0 bridgehead atoms. The van der Waals surface area contributed by atoms with E-state index in [9.17, 15) is 4.79 Å². The van der Waals surface area contributed by atoms with Crippen LogP contribution in [0.2, 0.25) is 10.0 Å². The highest BCUT2D eigenvalue weighted by Crippen LogP contribution is 2.27. The Hall–Kier alpha value is -1.75. The number of amides is 1. The molecule has 0 fully saturated rings. The van der Waals surface area contributed by atoms with Crippen LogP contribution >= 0.6 is 23.2 Å². The molecular formula is C18H20Cl2N2O2. The number of benzene rings is 2. The van der Waals surface area contributed by atoms with E-state index in [1.807, 2.05) is 25.1 Å². The van der Waals surface area contributed by atoms with Crippen molar-refractivity contribution in [3.63, 3.8) is 0 Å². The van der Waals surface area contributed by atoms with Gasteiger partial charge in [-0.3, -0.25) is 10.1 Å². The monoisotopic (exact) mass is 366 g/mol. The number of anilines is 1. The van der Waals surface area contributed by atoms with Gasteiger partial charge in [-0.2, -0.15) is 0 Å². The minimum atomic E-state index is -0.420. The molecule has 2 atom stereocenters. The van der Waals surface area contributed by atoms with E-state index in [1.54, 1.807) is 38.3 Å². The Morgan fingerprint density at radius 3 is 2.50 bits per heavy atom. The van der Waals surface area contributed by atoms with Crippen molar-refractivity contribution in [3.05, 3.63) is 58.1 Å². The molecule has 0 aliphatic carbocycles. The Labute approximate surface area is 152 Å². The molecule has 128 valence electrons. The van der Waals surface area contributed by atoms with Gasteiger partial charge in [0.1, 0.15) is 5.75 Å². The van der Waals surface area contributed by atoms with E-state index >= 15 is 0 Å². The zero-order chi connectivity index (χ0) is 17.7. The van der Waals surface area contributed by atoms with Crippen LogP contribution in [0.4, 0.5) is 5.69 Å². The minimum absolute atomic E-state index is 0.104. The van der Waals surface area contributed by atoms with Gasteiger partial charge in [0.15, 0.2) is 0 Å². The van der Waals surface area contributed by atoms with E-state index in [2.05, 4.69) is 10.6 Å². The smallest absolute Gasteiger partial charge is 0.241 e. The number of para-hydroxylation sites is 2. The molecule has 2 rings (SSSR count). The van der Waals surface area contributed by atoms with Crippen LogP contribution in [-0.4, -0.2) is 19.1 Å². The van der Waals surface area contributed by atoms with E-state index in [1.165, 1.54) is 0 Å².